The lowest BCUT2D eigenvalue weighted by Gasteiger charge is -2.36. The quantitative estimate of drug-likeness (QED) is 0.669. The van der Waals surface area contributed by atoms with Gasteiger partial charge in [0.2, 0.25) is 0 Å². The van der Waals surface area contributed by atoms with Crippen molar-refractivity contribution in [1.82, 2.24) is 10.2 Å². The number of methoxy groups -OCH3 is 2. The van der Waals surface area contributed by atoms with Gasteiger partial charge in [0.15, 0.2) is 0 Å². The van der Waals surface area contributed by atoms with Crippen LogP contribution in [-0.4, -0.2) is 64.4 Å². The summed E-state index contributed by atoms with van der Waals surface area (Å²) in [6, 6.07) is 15.4. The summed E-state index contributed by atoms with van der Waals surface area (Å²) in [5, 5.41) is 5.74. The number of nitrogens with zero attached hydrogens (tertiary/aromatic N) is 2. The van der Waals surface area contributed by atoms with E-state index in [1.807, 2.05) is 36.4 Å². The molecule has 0 aromatic heterocycles. The van der Waals surface area contributed by atoms with Gasteiger partial charge in [-0.2, -0.15) is 0 Å². The molecule has 0 aliphatic carbocycles. The molecule has 7 nitrogen and oxygen atoms in total. The van der Waals surface area contributed by atoms with E-state index in [2.05, 4.69) is 32.6 Å². The van der Waals surface area contributed by atoms with Gasteiger partial charge in [0.05, 0.1) is 19.9 Å². The molecule has 29 heavy (non-hydrogen) atoms. The highest BCUT2D eigenvalue weighted by atomic mass is 16.5. The number of nitrogens with one attached hydrogen (secondary N) is 2. The molecule has 1 fully saturated rings. The molecule has 2 N–H and O–H groups in total. The Morgan fingerprint density at radius 1 is 0.966 bits per heavy atom. The maximum Gasteiger partial charge on any atom is 0.319 e. The Balaban J connectivity index is 1.33. The van der Waals surface area contributed by atoms with Gasteiger partial charge in [0, 0.05) is 38.4 Å². The first kappa shape index (κ1) is 20.8. The van der Waals surface area contributed by atoms with Crippen molar-refractivity contribution in [2.75, 3.05) is 63.7 Å². The van der Waals surface area contributed by atoms with E-state index in [1.165, 1.54) is 5.69 Å². The number of carbonyl (C=O) groups excluding carboxylic acids is 1. The maximum atomic E-state index is 12.1. The molecular weight excluding hydrogens is 368 g/mol. The zero-order valence-corrected chi connectivity index (χ0v) is 17.2. The maximum absolute atomic E-state index is 12.1. The smallest absolute Gasteiger partial charge is 0.319 e. The van der Waals surface area contributed by atoms with E-state index in [-0.39, 0.29) is 6.03 Å². The van der Waals surface area contributed by atoms with Crippen LogP contribution in [0.25, 0.3) is 0 Å². The van der Waals surface area contributed by atoms with Crippen molar-refractivity contribution in [1.29, 1.82) is 0 Å². The Kier molecular flexibility index (Phi) is 7.58. The van der Waals surface area contributed by atoms with Crippen LogP contribution in [0.3, 0.4) is 0 Å². The Morgan fingerprint density at radius 2 is 1.69 bits per heavy atom. The van der Waals surface area contributed by atoms with E-state index in [0.717, 1.165) is 44.9 Å². The van der Waals surface area contributed by atoms with E-state index in [0.29, 0.717) is 18.0 Å². The number of hydrogen-bond acceptors (Lipinski definition) is 5. The van der Waals surface area contributed by atoms with Gasteiger partial charge in [-0.3, -0.25) is 4.90 Å². The largest absolute Gasteiger partial charge is 0.497 e. The van der Waals surface area contributed by atoms with Crippen molar-refractivity contribution < 1.29 is 14.3 Å². The summed E-state index contributed by atoms with van der Waals surface area (Å²) in [4.78, 5) is 16.9. The number of hydrogen-bond donors (Lipinski definition) is 2. The third-order valence-corrected chi connectivity index (χ3v) is 5.10. The average molecular weight is 399 g/mol. The summed E-state index contributed by atoms with van der Waals surface area (Å²) in [7, 11) is 3.28. The number of benzene rings is 2. The summed E-state index contributed by atoms with van der Waals surface area (Å²) in [6.45, 7) is 5.69. The predicted molar refractivity (Wildman–Crippen MR) is 116 cm³/mol. The van der Waals surface area contributed by atoms with Crippen LogP contribution in [0.1, 0.15) is 6.42 Å². The minimum atomic E-state index is -0.209. The lowest BCUT2D eigenvalue weighted by atomic mass is 10.2. The van der Waals surface area contributed by atoms with Crippen molar-refractivity contribution in [2.45, 2.75) is 6.42 Å². The van der Waals surface area contributed by atoms with Crippen LogP contribution in [0.15, 0.2) is 48.5 Å². The second-order valence-electron chi connectivity index (χ2n) is 6.96. The molecule has 1 heterocycles. The van der Waals surface area contributed by atoms with E-state index >= 15 is 0 Å². The first-order valence-electron chi connectivity index (χ1n) is 9.99. The topological polar surface area (TPSA) is 66.1 Å². The van der Waals surface area contributed by atoms with Crippen LogP contribution in [0, 0.1) is 0 Å². The summed E-state index contributed by atoms with van der Waals surface area (Å²) >= 11 is 0. The molecule has 1 aliphatic rings. The molecule has 0 atom stereocenters. The van der Waals surface area contributed by atoms with E-state index < -0.39 is 0 Å². The van der Waals surface area contributed by atoms with Crippen LogP contribution >= 0.6 is 0 Å². The van der Waals surface area contributed by atoms with E-state index in [9.17, 15) is 4.79 Å². The second-order valence-corrected chi connectivity index (χ2v) is 6.96. The molecule has 0 bridgehead atoms. The molecule has 0 unspecified atom stereocenters. The lowest BCUT2D eigenvalue weighted by Crippen LogP contribution is -2.47. The SMILES string of the molecule is COc1ccc(N2CCN(CCCNC(=O)Nc3ccccc3OC)CC2)cc1. The summed E-state index contributed by atoms with van der Waals surface area (Å²) in [6.07, 6.45) is 0.919. The van der Waals surface area contributed by atoms with Gasteiger partial charge < -0.3 is 25.0 Å². The van der Waals surface area contributed by atoms with Crippen molar-refractivity contribution in [2.24, 2.45) is 0 Å². The zero-order chi connectivity index (χ0) is 20.5. The van der Waals surface area contributed by atoms with Crippen LogP contribution in [0.4, 0.5) is 16.2 Å². The lowest BCUT2D eigenvalue weighted by molar-refractivity contribution is 0.244. The normalized spacial score (nSPS) is 14.3. The zero-order valence-electron chi connectivity index (χ0n) is 17.2. The van der Waals surface area contributed by atoms with Gasteiger partial charge in [-0.15, -0.1) is 0 Å². The highest BCUT2D eigenvalue weighted by molar-refractivity contribution is 5.90. The van der Waals surface area contributed by atoms with Gasteiger partial charge in [-0.05, 0) is 49.4 Å². The van der Waals surface area contributed by atoms with Gasteiger partial charge in [0.25, 0.3) is 0 Å². The van der Waals surface area contributed by atoms with Gasteiger partial charge in [-0.25, -0.2) is 4.79 Å². The minimum absolute atomic E-state index is 0.209. The highest BCUT2D eigenvalue weighted by Crippen LogP contribution is 2.23. The third-order valence-electron chi connectivity index (χ3n) is 5.10. The van der Waals surface area contributed by atoms with Crippen LogP contribution in [0.5, 0.6) is 11.5 Å². The fourth-order valence-corrected chi connectivity index (χ4v) is 3.44. The number of para-hydroxylation sites is 2. The summed E-state index contributed by atoms with van der Waals surface area (Å²) in [5.41, 5.74) is 1.90. The number of piperazine rings is 1. The van der Waals surface area contributed by atoms with Gasteiger partial charge >= 0.3 is 6.03 Å². The van der Waals surface area contributed by atoms with Crippen LogP contribution in [-0.2, 0) is 0 Å². The monoisotopic (exact) mass is 398 g/mol. The van der Waals surface area contributed by atoms with Crippen molar-refractivity contribution in [3.05, 3.63) is 48.5 Å². The fourth-order valence-electron chi connectivity index (χ4n) is 3.44. The molecule has 1 aliphatic heterocycles. The molecule has 7 heteroatoms. The summed E-state index contributed by atoms with van der Waals surface area (Å²) in [5.74, 6) is 1.53. The van der Waals surface area contributed by atoms with Gasteiger partial charge in [-0.1, -0.05) is 12.1 Å². The Hall–Kier alpha value is -2.93. The number of anilines is 2. The molecule has 0 saturated carbocycles. The molecule has 2 aromatic carbocycles. The Labute approximate surface area is 172 Å². The molecule has 1 saturated heterocycles. The average Bonchev–Trinajstić information content (AvgIpc) is 2.77. The number of urea groups is 1. The van der Waals surface area contributed by atoms with E-state index in [4.69, 9.17) is 9.47 Å². The number of rotatable bonds is 8. The number of carbonyl (C=O) groups is 1. The van der Waals surface area contributed by atoms with Crippen molar-refractivity contribution in [3.63, 3.8) is 0 Å². The fraction of sp³-hybridized carbons (Fsp3) is 0.409. The van der Waals surface area contributed by atoms with Gasteiger partial charge in [0.1, 0.15) is 11.5 Å². The standard InChI is InChI=1S/C22H30N4O3/c1-28-19-10-8-18(9-11-19)26-16-14-25(15-17-26)13-5-12-23-22(27)24-20-6-3-4-7-21(20)29-2/h3-4,6-11H,5,12-17H2,1-2H3,(H2,23,24,27). The molecule has 3 rings (SSSR count). The molecular formula is C22H30N4O3. The molecule has 2 amide bonds. The van der Waals surface area contributed by atoms with Crippen molar-refractivity contribution in [3.8, 4) is 11.5 Å². The molecule has 0 radical (unpaired) electrons. The second kappa shape index (κ2) is 10.6. The minimum Gasteiger partial charge on any atom is -0.497 e. The number of amides is 2. The Morgan fingerprint density at radius 3 is 2.38 bits per heavy atom. The Bertz CT molecular complexity index is 774. The summed E-state index contributed by atoms with van der Waals surface area (Å²) < 4.78 is 10.5. The van der Waals surface area contributed by atoms with Crippen LogP contribution in [0.2, 0.25) is 0 Å². The van der Waals surface area contributed by atoms with Crippen LogP contribution < -0.4 is 25.0 Å². The first-order valence-corrected chi connectivity index (χ1v) is 9.99. The first-order chi connectivity index (χ1) is 14.2. The predicted octanol–water partition coefficient (Wildman–Crippen LogP) is 3.04. The van der Waals surface area contributed by atoms with Crippen molar-refractivity contribution >= 4 is 17.4 Å². The third kappa shape index (κ3) is 6.02. The molecule has 0 spiro atoms. The molecule has 156 valence electrons. The molecule has 2 aromatic rings. The highest BCUT2D eigenvalue weighted by Gasteiger charge is 2.17. The number of ether oxygens (including phenoxy) is 2. The van der Waals surface area contributed by atoms with E-state index in [1.54, 1.807) is 14.2 Å².